The van der Waals surface area contributed by atoms with Gasteiger partial charge < -0.3 is 15.4 Å². The number of carbonyl (C=O) groups is 2. The Hall–Kier alpha value is -2.83. The largest absolute Gasteiger partial charge is 0.375 e. The molecule has 30 heavy (non-hydrogen) atoms. The molecule has 0 saturated carbocycles. The van der Waals surface area contributed by atoms with Crippen molar-refractivity contribution < 1.29 is 28.0 Å². The van der Waals surface area contributed by atoms with Crippen LogP contribution in [0.25, 0.3) is 0 Å². The molecule has 0 radical (unpaired) electrons. The topological polar surface area (TPSA) is 144 Å². The van der Waals surface area contributed by atoms with E-state index in [0.29, 0.717) is 24.5 Å². The van der Waals surface area contributed by atoms with Gasteiger partial charge in [-0.05, 0) is 31.3 Å². The molecule has 160 valence electrons. The third-order valence-electron chi connectivity index (χ3n) is 5.29. The van der Waals surface area contributed by atoms with Crippen LogP contribution in [0.1, 0.15) is 24.6 Å². The molecule has 1 aromatic heterocycles. The number of nitrogens with two attached hydrogens (primary N) is 1. The minimum absolute atomic E-state index is 0.0185. The number of amides is 2. The van der Waals surface area contributed by atoms with Crippen molar-refractivity contribution in [1.29, 1.82) is 0 Å². The second kappa shape index (κ2) is 7.78. The van der Waals surface area contributed by atoms with Gasteiger partial charge in [-0.1, -0.05) is 11.8 Å². The van der Waals surface area contributed by atoms with Crippen LogP contribution in [0.2, 0.25) is 0 Å². The number of rotatable bonds is 5. The van der Waals surface area contributed by atoms with Crippen LogP contribution in [-0.4, -0.2) is 71.3 Å². The maximum absolute atomic E-state index is 12.6. The van der Waals surface area contributed by atoms with Crippen LogP contribution in [0, 0.1) is 23.7 Å². The van der Waals surface area contributed by atoms with Crippen LogP contribution in [-0.2, 0) is 25.9 Å². The molecule has 1 atom stereocenters. The second-order valence-corrected chi connectivity index (χ2v) is 10.1. The fourth-order valence-electron chi connectivity index (χ4n) is 3.05. The highest BCUT2D eigenvalue weighted by Crippen LogP contribution is 2.25. The molecular formula is C19H22N4O6S. The highest BCUT2D eigenvalue weighted by molar-refractivity contribution is 7.92. The summed E-state index contributed by atoms with van der Waals surface area (Å²) in [7, 11) is -3.83. The molecule has 0 unspecified atom stereocenters. The predicted octanol–water partition coefficient (Wildman–Crippen LogP) is -0.947. The summed E-state index contributed by atoms with van der Waals surface area (Å²) in [6.45, 7) is 2.24. The van der Waals surface area contributed by atoms with Gasteiger partial charge in [-0.25, -0.2) is 18.7 Å². The normalized spacial score (nSPS) is 18.8. The lowest BCUT2D eigenvalue weighted by atomic mass is 10.0. The molecular weight excluding hydrogens is 412 g/mol. The van der Waals surface area contributed by atoms with Gasteiger partial charge in [0, 0.05) is 30.3 Å². The van der Waals surface area contributed by atoms with Crippen LogP contribution >= 0.6 is 0 Å². The molecule has 3 rings (SSSR count). The van der Waals surface area contributed by atoms with Gasteiger partial charge in [-0.2, -0.15) is 0 Å². The first-order valence-electron chi connectivity index (χ1n) is 9.04. The number of ether oxygens (including phenoxy) is 1. The van der Waals surface area contributed by atoms with Gasteiger partial charge >= 0.3 is 6.03 Å². The monoisotopic (exact) mass is 434 g/mol. The standard InChI is InChI=1S/C19H22N4O6S/c1-18(16(24)21-26,30(2,27)28)7-8-22-11-15-9-14(10-23(15)17(22)25)5-3-4-6-19(20)12-29-13-19/h9-10,26H,7-8,11-13,20H2,1-2H3,(H,21,24)/t18-/m1/s1. The Morgan fingerprint density at radius 1 is 1.43 bits per heavy atom. The first kappa shape index (κ1) is 21.9. The van der Waals surface area contributed by atoms with E-state index in [1.165, 1.54) is 21.9 Å². The average molecular weight is 434 g/mol. The number of hydrogen-bond acceptors (Lipinski definition) is 7. The zero-order chi connectivity index (χ0) is 22.2. The van der Waals surface area contributed by atoms with Crippen LogP contribution in [0.15, 0.2) is 12.3 Å². The summed E-state index contributed by atoms with van der Waals surface area (Å²) < 4.78 is 28.6. The van der Waals surface area contributed by atoms with E-state index in [0.717, 1.165) is 6.26 Å². The summed E-state index contributed by atoms with van der Waals surface area (Å²) in [5, 5.41) is 8.88. The molecule has 11 heteroatoms. The minimum atomic E-state index is -3.83. The van der Waals surface area contributed by atoms with E-state index in [1.807, 2.05) is 0 Å². The fraction of sp³-hybridized carbons (Fsp3) is 0.474. The Balaban J connectivity index is 1.66. The number of aromatic nitrogens is 1. The number of sulfone groups is 1. The Morgan fingerprint density at radius 3 is 2.67 bits per heavy atom. The Labute approximate surface area is 174 Å². The first-order chi connectivity index (χ1) is 14.0. The maximum atomic E-state index is 12.6. The molecule has 3 heterocycles. The summed E-state index contributed by atoms with van der Waals surface area (Å²) in [6, 6.07) is 1.39. The van der Waals surface area contributed by atoms with Crippen LogP contribution in [0.4, 0.5) is 4.79 Å². The number of fused-ring (bicyclic) bond motifs is 1. The highest BCUT2D eigenvalue weighted by atomic mass is 32.2. The quantitative estimate of drug-likeness (QED) is 0.308. The van der Waals surface area contributed by atoms with E-state index in [-0.39, 0.29) is 25.5 Å². The van der Waals surface area contributed by atoms with Gasteiger partial charge in [0.05, 0.1) is 19.8 Å². The van der Waals surface area contributed by atoms with Gasteiger partial charge in [0.15, 0.2) is 14.6 Å². The van der Waals surface area contributed by atoms with E-state index >= 15 is 0 Å². The van der Waals surface area contributed by atoms with Crippen molar-refractivity contribution in [1.82, 2.24) is 14.9 Å². The van der Waals surface area contributed by atoms with Gasteiger partial charge in [0.1, 0.15) is 5.54 Å². The van der Waals surface area contributed by atoms with Gasteiger partial charge in [-0.15, -0.1) is 0 Å². The van der Waals surface area contributed by atoms with E-state index < -0.39 is 26.0 Å². The lowest BCUT2D eigenvalue weighted by molar-refractivity contribution is -0.131. The number of hydrogen-bond donors (Lipinski definition) is 3. The fourth-order valence-corrected chi connectivity index (χ4v) is 3.90. The van der Waals surface area contributed by atoms with Crippen molar-refractivity contribution in [3.05, 3.63) is 23.5 Å². The van der Waals surface area contributed by atoms with Gasteiger partial charge in [0.25, 0.3) is 5.91 Å². The number of hydroxylamine groups is 1. The third kappa shape index (κ3) is 4.06. The lowest BCUT2D eigenvalue weighted by Gasteiger charge is -2.32. The van der Waals surface area contributed by atoms with E-state index in [1.54, 1.807) is 12.3 Å². The molecule has 0 bridgehead atoms. The van der Waals surface area contributed by atoms with E-state index in [9.17, 15) is 18.0 Å². The third-order valence-corrected chi connectivity index (χ3v) is 7.31. The summed E-state index contributed by atoms with van der Waals surface area (Å²) in [6.07, 6.45) is 2.32. The van der Waals surface area contributed by atoms with E-state index in [2.05, 4.69) is 23.7 Å². The molecule has 2 aliphatic heterocycles. The Bertz CT molecular complexity index is 1110. The molecule has 2 amide bonds. The van der Waals surface area contributed by atoms with Crippen molar-refractivity contribution in [2.45, 2.75) is 30.2 Å². The van der Waals surface area contributed by atoms with Crippen molar-refractivity contribution >= 4 is 21.8 Å². The SMILES string of the molecule is C[C@@](CCN1Cc2cc(C#CC#CC3(N)COC3)cn2C1=O)(C(=O)NO)S(C)(=O)=O. The van der Waals surface area contributed by atoms with Crippen molar-refractivity contribution in [2.24, 2.45) is 5.73 Å². The number of nitrogens with zero attached hydrogens (tertiary/aromatic N) is 2. The van der Waals surface area contributed by atoms with Crippen LogP contribution < -0.4 is 11.2 Å². The first-order valence-corrected chi connectivity index (χ1v) is 10.9. The molecule has 10 nitrogen and oxygen atoms in total. The molecule has 1 aromatic rings. The Kier molecular flexibility index (Phi) is 5.67. The van der Waals surface area contributed by atoms with Gasteiger partial charge in [0.2, 0.25) is 0 Å². The molecule has 0 aliphatic carbocycles. The second-order valence-electron chi connectivity index (χ2n) is 7.64. The highest BCUT2D eigenvalue weighted by Gasteiger charge is 2.44. The summed E-state index contributed by atoms with van der Waals surface area (Å²) >= 11 is 0. The molecule has 1 fully saturated rings. The van der Waals surface area contributed by atoms with Crippen molar-refractivity contribution in [3.63, 3.8) is 0 Å². The maximum Gasteiger partial charge on any atom is 0.328 e. The summed E-state index contributed by atoms with van der Waals surface area (Å²) in [5.41, 5.74) is 7.95. The van der Waals surface area contributed by atoms with Gasteiger partial charge in [-0.3, -0.25) is 14.6 Å². The van der Waals surface area contributed by atoms with Crippen molar-refractivity contribution in [2.75, 3.05) is 26.0 Å². The van der Waals surface area contributed by atoms with Crippen LogP contribution in [0.3, 0.4) is 0 Å². The molecule has 0 aromatic carbocycles. The number of nitrogens with one attached hydrogen (secondary N) is 1. The Morgan fingerprint density at radius 2 is 2.13 bits per heavy atom. The predicted molar refractivity (Wildman–Crippen MR) is 106 cm³/mol. The van der Waals surface area contributed by atoms with Crippen LogP contribution in [0.5, 0.6) is 0 Å². The van der Waals surface area contributed by atoms with E-state index in [4.69, 9.17) is 15.7 Å². The average Bonchev–Trinajstić information content (AvgIpc) is 3.19. The minimum Gasteiger partial charge on any atom is -0.375 e. The zero-order valence-corrected chi connectivity index (χ0v) is 17.4. The molecule has 4 N–H and O–H groups in total. The number of carbonyl (C=O) groups excluding carboxylic acids is 2. The zero-order valence-electron chi connectivity index (χ0n) is 16.6. The molecule has 0 spiro atoms. The van der Waals surface area contributed by atoms with Crippen molar-refractivity contribution in [3.8, 4) is 23.7 Å². The lowest BCUT2D eigenvalue weighted by Crippen LogP contribution is -2.56. The molecule has 2 aliphatic rings. The smallest absolute Gasteiger partial charge is 0.328 e. The summed E-state index contributed by atoms with van der Waals surface area (Å²) in [5.74, 6) is 10.0. The summed E-state index contributed by atoms with van der Waals surface area (Å²) in [4.78, 5) is 25.9. The molecule has 1 saturated heterocycles.